The molecule has 187 valence electrons. The molecule has 13 heteroatoms. The van der Waals surface area contributed by atoms with Gasteiger partial charge in [0.1, 0.15) is 30.1 Å². The van der Waals surface area contributed by atoms with E-state index >= 15 is 0 Å². The molecule has 1 saturated heterocycles. The number of aliphatic hydroxyl groups is 1. The van der Waals surface area contributed by atoms with Crippen molar-refractivity contribution in [2.24, 2.45) is 5.41 Å². The van der Waals surface area contributed by atoms with Gasteiger partial charge in [0.15, 0.2) is 11.9 Å². The first-order chi connectivity index (χ1) is 16.4. The zero-order valence-electron chi connectivity index (χ0n) is 19.7. The predicted molar refractivity (Wildman–Crippen MR) is 117 cm³/mol. The Labute approximate surface area is 200 Å². The van der Waals surface area contributed by atoms with Gasteiger partial charge in [-0.1, -0.05) is 6.92 Å². The molecule has 4 atom stereocenters. The molecule has 1 aliphatic heterocycles. The number of nitrogens with one attached hydrogen (secondary N) is 1. The van der Waals surface area contributed by atoms with Crippen LogP contribution in [0.2, 0.25) is 0 Å². The van der Waals surface area contributed by atoms with Gasteiger partial charge in [-0.05, 0) is 39.8 Å². The molecule has 2 aromatic rings. The van der Waals surface area contributed by atoms with Crippen molar-refractivity contribution in [3.63, 3.8) is 0 Å². The number of hydrogen-bond donors (Lipinski definition) is 2. The largest absolute Gasteiger partial charge is 0.457 e. The summed E-state index contributed by atoms with van der Waals surface area (Å²) in [5.74, 6) is -1.12. The molecule has 2 N–H and O–H groups in total. The molecule has 1 radical (unpaired) electrons. The molecule has 13 nitrogen and oxygen atoms in total. The molecule has 0 aliphatic carbocycles. The van der Waals surface area contributed by atoms with Crippen molar-refractivity contribution in [3.8, 4) is 6.07 Å². The molecule has 35 heavy (non-hydrogen) atoms. The van der Waals surface area contributed by atoms with Gasteiger partial charge in [-0.3, -0.25) is 14.9 Å². The number of anilines is 1. The molecule has 0 aromatic carbocycles. The normalized spacial score (nSPS) is 24.0. The van der Waals surface area contributed by atoms with E-state index in [2.05, 4.69) is 22.3 Å². The van der Waals surface area contributed by atoms with Crippen LogP contribution in [0.4, 0.5) is 10.6 Å². The van der Waals surface area contributed by atoms with Crippen LogP contribution in [0.3, 0.4) is 0 Å². The molecule has 0 unspecified atom stereocenters. The Bertz CT molecular complexity index is 1170. The third-order valence-corrected chi connectivity index (χ3v) is 5.20. The first-order valence-corrected chi connectivity index (χ1v) is 10.7. The molecule has 3 heterocycles. The van der Waals surface area contributed by atoms with Gasteiger partial charge in [0.25, 0.3) is 0 Å². The highest BCUT2D eigenvalue weighted by atomic mass is 16.7. The number of hydrogen-bond acceptors (Lipinski definition) is 11. The van der Waals surface area contributed by atoms with Crippen molar-refractivity contribution in [3.05, 3.63) is 31.1 Å². The summed E-state index contributed by atoms with van der Waals surface area (Å²) in [4.78, 5) is 39.7. The predicted octanol–water partition coefficient (Wildman–Crippen LogP) is 1.46. The Balaban J connectivity index is 1.82. The summed E-state index contributed by atoms with van der Waals surface area (Å²) in [7, 11) is 0. The Hall–Kier alpha value is -3.76. The second-order valence-corrected chi connectivity index (χ2v) is 8.74. The fourth-order valence-electron chi connectivity index (χ4n) is 3.34. The van der Waals surface area contributed by atoms with E-state index in [-0.39, 0.29) is 23.4 Å². The second-order valence-electron chi connectivity index (χ2n) is 8.74. The molecular formula is C22H26N5O8. The Morgan fingerprint density at radius 2 is 2.06 bits per heavy atom. The van der Waals surface area contributed by atoms with E-state index in [9.17, 15) is 24.8 Å². The number of amides is 1. The van der Waals surface area contributed by atoms with Gasteiger partial charge < -0.3 is 24.1 Å². The van der Waals surface area contributed by atoms with Gasteiger partial charge in [0.2, 0.25) is 12.4 Å². The number of aliphatic hydroxyl groups excluding tert-OH is 1. The summed E-state index contributed by atoms with van der Waals surface area (Å²) >= 11 is 0. The maximum Gasteiger partial charge on any atom is 0.415 e. The topological polar surface area (TPSA) is 174 Å². The molecular weight excluding hydrogens is 462 g/mol. The van der Waals surface area contributed by atoms with Crippen LogP contribution >= 0.6 is 0 Å². The number of carbonyl (C=O) groups is 3. The average molecular weight is 488 g/mol. The van der Waals surface area contributed by atoms with Crippen LogP contribution in [-0.4, -0.2) is 62.8 Å². The number of ether oxygens (including phenoxy) is 4. The van der Waals surface area contributed by atoms with Gasteiger partial charge >= 0.3 is 18.0 Å². The SMILES string of the molecule is [CH2][C@H]1O[C@@](C#N)(c2ccc3c(NC(=O)OCOC(=O)C(C)(C)C)ncnn23)[C@H](O)[C@@H]1OC(=O)CC. The van der Waals surface area contributed by atoms with Crippen molar-refractivity contribution in [1.82, 2.24) is 14.6 Å². The number of esters is 2. The van der Waals surface area contributed by atoms with E-state index < -0.39 is 54.2 Å². The number of carbonyl (C=O) groups excluding carboxylic acids is 3. The van der Waals surface area contributed by atoms with Gasteiger partial charge in [-0.25, -0.2) is 14.3 Å². The van der Waals surface area contributed by atoms with E-state index in [1.165, 1.54) is 16.6 Å². The minimum absolute atomic E-state index is 0.0131. The van der Waals surface area contributed by atoms with E-state index in [4.69, 9.17) is 18.9 Å². The van der Waals surface area contributed by atoms with Crippen molar-refractivity contribution < 1.29 is 38.4 Å². The van der Waals surface area contributed by atoms with Crippen LogP contribution < -0.4 is 5.32 Å². The van der Waals surface area contributed by atoms with Crippen molar-refractivity contribution >= 4 is 29.4 Å². The third kappa shape index (κ3) is 5.03. The van der Waals surface area contributed by atoms with Gasteiger partial charge in [-0.15, -0.1) is 0 Å². The van der Waals surface area contributed by atoms with Crippen LogP contribution in [-0.2, 0) is 34.1 Å². The lowest BCUT2D eigenvalue weighted by Gasteiger charge is -2.24. The fraction of sp³-hybridized carbons (Fsp3) is 0.500. The highest BCUT2D eigenvalue weighted by molar-refractivity contribution is 5.88. The zero-order valence-corrected chi connectivity index (χ0v) is 19.7. The molecule has 0 bridgehead atoms. The fourth-order valence-corrected chi connectivity index (χ4v) is 3.34. The minimum Gasteiger partial charge on any atom is -0.457 e. The third-order valence-electron chi connectivity index (χ3n) is 5.20. The first kappa shape index (κ1) is 25.9. The van der Waals surface area contributed by atoms with Gasteiger partial charge in [0.05, 0.1) is 11.1 Å². The zero-order chi connectivity index (χ0) is 26.0. The molecule has 0 spiro atoms. The average Bonchev–Trinajstić information content (AvgIpc) is 3.34. The summed E-state index contributed by atoms with van der Waals surface area (Å²) in [6.07, 6.45) is -3.57. The summed E-state index contributed by atoms with van der Waals surface area (Å²) in [5, 5.41) is 27.4. The number of nitriles is 1. The standard InChI is InChI=1S/C22H26N5O8/c1-6-15(28)34-16-12(2)35-22(9-23,17(16)29)14-8-7-13-18(24-10-25-27(13)14)26-20(31)33-11-32-19(30)21(3,4)5/h7-8,10,12,16-17,29H,2,6,11H2,1,3-5H3,(H,24,25,26,31)/t12-,16-,17-,22+/m1/s1. The second kappa shape index (κ2) is 9.85. The number of rotatable bonds is 6. The highest BCUT2D eigenvalue weighted by Gasteiger charge is 2.58. The Kier molecular flexibility index (Phi) is 7.27. The van der Waals surface area contributed by atoms with Crippen LogP contribution in [0.25, 0.3) is 5.52 Å². The van der Waals surface area contributed by atoms with Crippen molar-refractivity contribution in [2.45, 2.75) is 58.0 Å². The molecule has 0 saturated carbocycles. The molecule has 1 fully saturated rings. The van der Waals surface area contributed by atoms with Crippen LogP contribution in [0, 0.1) is 23.7 Å². The highest BCUT2D eigenvalue weighted by Crippen LogP contribution is 2.41. The first-order valence-electron chi connectivity index (χ1n) is 10.7. The minimum atomic E-state index is -1.97. The monoisotopic (exact) mass is 488 g/mol. The maximum absolute atomic E-state index is 12.2. The summed E-state index contributed by atoms with van der Waals surface area (Å²) < 4.78 is 21.9. The van der Waals surface area contributed by atoms with E-state index in [1.807, 2.05) is 6.07 Å². The van der Waals surface area contributed by atoms with Crippen LogP contribution in [0.15, 0.2) is 18.5 Å². The Morgan fingerprint density at radius 1 is 1.34 bits per heavy atom. The lowest BCUT2D eigenvalue weighted by Crippen LogP contribution is -2.42. The number of nitrogens with zero attached hydrogens (tertiary/aromatic N) is 4. The number of aromatic nitrogens is 3. The van der Waals surface area contributed by atoms with Gasteiger partial charge in [-0.2, -0.15) is 10.4 Å². The lowest BCUT2D eigenvalue weighted by atomic mass is 9.92. The summed E-state index contributed by atoms with van der Waals surface area (Å²) in [5.41, 5.74) is -2.38. The summed E-state index contributed by atoms with van der Waals surface area (Å²) in [6.45, 7) is 9.70. The van der Waals surface area contributed by atoms with Crippen LogP contribution in [0.1, 0.15) is 39.8 Å². The van der Waals surface area contributed by atoms with Crippen molar-refractivity contribution in [2.75, 3.05) is 12.1 Å². The lowest BCUT2D eigenvalue weighted by molar-refractivity contribution is -0.161. The van der Waals surface area contributed by atoms with Gasteiger partial charge in [0, 0.05) is 6.42 Å². The molecule has 1 aliphatic rings. The van der Waals surface area contributed by atoms with E-state index in [1.54, 1.807) is 27.7 Å². The Morgan fingerprint density at radius 3 is 2.69 bits per heavy atom. The smallest absolute Gasteiger partial charge is 0.415 e. The van der Waals surface area contributed by atoms with Crippen molar-refractivity contribution in [1.29, 1.82) is 5.26 Å². The van der Waals surface area contributed by atoms with E-state index in [0.29, 0.717) is 0 Å². The van der Waals surface area contributed by atoms with Crippen LogP contribution in [0.5, 0.6) is 0 Å². The molecule has 3 rings (SSSR count). The van der Waals surface area contributed by atoms with E-state index in [0.717, 1.165) is 6.33 Å². The quantitative estimate of drug-likeness (QED) is 0.445. The molecule has 1 amide bonds. The number of fused-ring (bicyclic) bond motifs is 1. The molecule has 2 aromatic heterocycles. The maximum atomic E-state index is 12.2. The summed E-state index contributed by atoms with van der Waals surface area (Å²) in [6, 6.07) is 4.88.